The second kappa shape index (κ2) is 6.20. The molecule has 1 aromatic carbocycles. The van der Waals surface area contributed by atoms with Crippen LogP contribution in [0.25, 0.3) is 11.0 Å². The Hall–Kier alpha value is -1.98. The number of hydrogen-bond donors (Lipinski definition) is 1. The molecule has 21 heavy (non-hydrogen) atoms. The van der Waals surface area contributed by atoms with E-state index in [4.69, 9.17) is 4.42 Å². The third kappa shape index (κ3) is 2.89. The van der Waals surface area contributed by atoms with Crippen LogP contribution < -0.4 is 11.0 Å². The van der Waals surface area contributed by atoms with E-state index in [1.54, 1.807) is 29.5 Å². The number of fused-ring (bicyclic) bond motifs is 1. The third-order valence-electron chi connectivity index (χ3n) is 3.54. The van der Waals surface area contributed by atoms with Crippen LogP contribution in [0.15, 0.2) is 45.8 Å². The van der Waals surface area contributed by atoms with Crippen molar-refractivity contribution in [3.05, 3.63) is 58.4 Å². The number of rotatable bonds is 4. The minimum absolute atomic E-state index is 0. The molecule has 0 spiro atoms. The summed E-state index contributed by atoms with van der Waals surface area (Å²) in [6, 6.07) is 9.89. The molecule has 5 nitrogen and oxygen atoms in total. The van der Waals surface area contributed by atoms with Crippen molar-refractivity contribution in [1.29, 1.82) is 0 Å². The number of hydrogen-bond acceptors (Lipinski definition) is 3. The lowest BCUT2D eigenvalue weighted by atomic mass is 10.2. The van der Waals surface area contributed by atoms with Crippen LogP contribution in [0.1, 0.15) is 11.3 Å². The van der Waals surface area contributed by atoms with Gasteiger partial charge in [0.05, 0.1) is 23.8 Å². The van der Waals surface area contributed by atoms with Gasteiger partial charge in [-0.15, -0.1) is 12.4 Å². The molecule has 0 fully saturated rings. The zero-order chi connectivity index (χ0) is 14.1. The van der Waals surface area contributed by atoms with E-state index in [1.807, 2.05) is 30.3 Å². The van der Waals surface area contributed by atoms with Gasteiger partial charge < -0.3 is 9.73 Å². The topological polar surface area (TPSA) is 52.1 Å². The van der Waals surface area contributed by atoms with Gasteiger partial charge in [0.25, 0.3) is 0 Å². The molecule has 2 aromatic heterocycles. The van der Waals surface area contributed by atoms with Crippen LogP contribution in [0.2, 0.25) is 0 Å². The average Bonchev–Trinajstić information content (AvgIpc) is 3.04. The zero-order valence-corrected chi connectivity index (χ0v) is 12.8. The van der Waals surface area contributed by atoms with Gasteiger partial charge in [-0.25, -0.2) is 4.79 Å². The molecule has 0 amide bonds. The molecule has 3 rings (SSSR count). The fourth-order valence-electron chi connectivity index (χ4n) is 2.41. The Bertz CT molecular complexity index is 787. The van der Waals surface area contributed by atoms with E-state index in [1.165, 1.54) is 0 Å². The Morgan fingerprint density at radius 2 is 1.86 bits per heavy atom. The lowest BCUT2D eigenvalue weighted by Gasteiger charge is -2.04. The maximum absolute atomic E-state index is 11.9. The summed E-state index contributed by atoms with van der Waals surface area (Å²) < 4.78 is 8.60. The van der Waals surface area contributed by atoms with Crippen molar-refractivity contribution in [1.82, 2.24) is 14.5 Å². The second-order valence-electron chi connectivity index (χ2n) is 4.91. The summed E-state index contributed by atoms with van der Waals surface area (Å²) in [5.74, 6) is 0.915. The molecular weight excluding hydrogens is 290 g/mol. The minimum atomic E-state index is 0. The molecule has 1 N–H and O–H groups in total. The first-order valence-corrected chi connectivity index (χ1v) is 6.54. The third-order valence-corrected chi connectivity index (χ3v) is 3.54. The van der Waals surface area contributed by atoms with Crippen LogP contribution in [0, 0.1) is 0 Å². The number of imidazole rings is 1. The van der Waals surface area contributed by atoms with E-state index >= 15 is 0 Å². The Morgan fingerprint density at radius 1 is 1.10 bits per heavy atom. The normalized spacial score (nSPS) is 10.8. The molecule has 0 bridgehead atoms. The van der Waals surface area contributed by atoms with Gasteiger partial charge in [0.1, 0.15) is 5.76 Å². The van der Waals surface area contributed by atoms with Crippen molar-refractivity contribution in [2.75, 3.05) is 0 Å². The predicted octanol–water partition coefficient (Wildman–Crippen LogP) is 2.18. The van der Waals surface area contributed by atoms with Crippen molar-refractivity contribution < 1.29 is 4.42 Å². The van der Waals surface area contributed by atoms with Gasteiger partial charge in [-0.1, -0.05) is 6.07 Å². The number of furan rings is 1. The summed E-state index contributed by atoms with van der Waals surface area (Å²) in [5, 5.41) is 3.32. The summed E-state index contributed by atoms with van der Waals surface area (Å²) in [5.41, 5.74) is 3.05. The van der Waals surface area contributed by atoms with Gasteiger partial charge in [0.2, 0.25) is 0 Å². The van der Waals surface area contributed by atoms with Gasteiger partial charge >= 0.3 is 5.69 Å². The van der Waals surface area contributed by atoms with Crippen LogP contribution in [0.3, 0.4) is 0 Å². The fourth-order valence-corrected chi connectivity index (χ4v) is 2.41. The molecule has 0 aliphatic heterocycles. The van der Waals surface area contributed by atoms with E-state index in [-0.39, 0.29) is 18.1 Å². The predicted molar refractivity (Wildman–Crippen MR) is 84.7 cm³/mol. The summed E-state index contributed by atoms with van der Waals surface area (Å²) in [6.07, 6.45) is 1.67. The number of benzene rings is 1. The molecule has 0 unspecified atom stereocenters. The molecule has 0 radical (unpaired) electrons. The lowest BCUT2D eigenvalue weighted by Crippen LogP contribution is -2.19. The first kappa shape index (κ1) is 15.4. The molecule has 0 saturated carbocycles. The monoisotopic (exact) mass is 307 g/mol. The highest BCUT2D eigenvalue weighted by molar-refractivity contribution is 5.85. The first-order valence-electron chi connectivity index (χ1n) is 6.54. The van der Waals surface area contributed by atoms with Gasteiger partial charge in [-0.3, -0.25) is 9.13 Å². The highest BCUT2D eigenvalue weighted by Gasteiger charge is 2.07. The van der Waals surface area contributed by atoms with Crippen LogP contribution in [0.4, 0.5) is 0 Å². The summed E-state index contributed by atoms with van der Waals surface area (Å²) >= 11 is 0. The van der Waals surface area contributed by atoms with Crippen molar-refractivity contribution in [2.45, 2.75) is 13.1 Å². The van der Waals surface area contributed by atoms with Gasteiger partial charge in [0.15, 0.2) is 0 Å². The van der Waals surface area contributed by atoms with Crippen molar-refractivity contribution in [2.24, 2.45) is 14.1 Å². The van der Waals surface area contributed by atoms with E-state index in [9.17, 15) is 4.79 Å². The average molecular weight is 308 g/mol. The summed E-state index contributed by atoms with van der Waals surface area (Å²) in [6.45, 7) is 1.43. The Labute approximate surface area is 128 Å². The standard InChI is InChI=1S/C15H17N3O2.ClH/c1-17-13-6-5-11(8-14(13)18(2)15(17)19)9-16-10-12-4-3-7-20-12;/h3-8,16H,9-10H2,1-2H3;1H. The van der Waals surface area contributed by atoms with E-state index in [0.717, 1.165) is 28.9 Å². The fraction of sp³-hybridized carbons (Fsp3) is 0.267. The molecule has 0 aliphatic carbocycles. The number of nitrogens with one attached hydrogen (secondary N) is 1. The van der Waals surface area contributed by atoms with Crippen molar-refractivity contribution >= 4 is 23.4 Å². The van der Waals surface area contributed by atoms with E-state index in [0.29, 0.717) is 6.54 Å². The smallest absolute Gasteiger partial charge is 0.328 e. The van der Waals surface area contributed by atoms with E-state index in [2.05, 4.69) is 5.32 Å². The van der Waals surface area contributed by atoms with Gasteiger partial charge in [-0.2, -0.15) is 0 Å². The maximum Gasteiger partial charge on any atom is 0.328 e. The molecule has 112 valence electrons. The number of nitrogens with zero attached hydrogens (tertiary/aromatic N) is 2. The molecular formula is C15H18ClN3O2. The van der Waals surface area contributed by atoms with Gasteiger partial charge in [0, 0.05) is 20.6 Å². The summed E-state index contributed by atoms with van der Waals surface area (Å²) in [7, 11) is 3.59. The molecule has 0 aliphatic rings. The quantitative estimate of drug-likeness (QED) is 0.804. The molecule has 0 saturated heterocycles. The summed E-state index contributed by atoms with van der Waals surface area (Å²) in [4.78, 5) is 11.9. The van der Waals surface area contributed by atoms with Gasteiger partial charge in [-0.05, 0) is 29.8 Å². The molecule has 3 aromatic rings. The van der Waals surface area contributed by atoms with Crippen molar-refractivity contribution in [3.63, 3.8) is 0 Å². The van der Waals surface area contributed by atoms with Crippen LogP contribution in [-0.4, -0.2) is 9.13 Å². The first-order chi connectivity index (χ1) is 9.66. The van der Waals surface area contributed by atoms with Crippen LogP contribution >= 0.6 is 12.4 Å². The number of halogens is 1. The SMILES string of the molecule is Cl.Cn1c(=O)n(C)c2cc(CNCc3ccco3)ccc21. The van der Waals surface area contributed by atoms with Crippen LogP contribution in [0.5, 0.6) is 0 Å². The maximum atomic E-state index is 11.9. The van der Waals surface area contributed by atoms with Crippen molar-refractivity contribution in [3.8, 4) is 0 Å². The minimum Gasteiger partial charge on any atom is -0.468 e. The Morgan fingerprint density at radius 3 is 2.57 bits per heavy atom. The second-order valence-corrected chi connectivity index (χ2v) is 4.91. The lowest BCUT2D eigenvalue weighted by molar-refractivity contribution is 0.483. The molecule has 6 heteroatoms. The highest BCUT2D eigenvalue weighted by Crippen LogP contribution is 2.14. The Balaban J connectivity index is 0.00000161. The highest BCUT2D eigenvalue weighted by atomic mass is 35.5. The number of aromatic nitrogens is 2. The zero-order valence-electron chi connectivity index (χ0n) is 12.0. The largest absolute Gasteiger partial charge is 0.468 e. The van der Waals surface area contributed by atoms with Crippen LogP contribution in [-0.2, 0) is 27.2 Å². The molecule has 0 atom stereocenters. The molecule has 2 heterocycles. The number of aryl methyl sites for hydroxylation is 2. The Kier molecular flexibility index (Phi) is 4.55. The van der Waals surface area contributed by atoms with E-state index < -0.39 is 0 Å².